The van der Waals surface area contributed by atoms with E-state index < -0.39 is 0 Å². The van der Waals surface area contributed by atoms with E-state index in [1.165, 1.54) is 29.5 Å². The van der Waals surface area contributed by atoms with E-state index in [2.05, 4.69) is 33.0 Å². The first-order chi connectivity index (χ1) is 14.4. The minimum atomic E-state index is -0.273. The molecule has 1 amide bonds. The Bertz CT molecular complexity index is 1010. The van der Waals surface area contributed by atoms with E-state index in [9.17, 15) is 9.18 Å². The van der Waals surface area contributed by atoms with Crippen molar-refractivity contribution in [2.75, 3.05) is 16.4 Å². The van der Waals surface area contributed by atoms with E-state index in [0.29, 0.717) is 18.2 Å². The van der Waals surface area contributed by atoms with Crippen molar-refractivity contribution in [3.63, 3.8) is 0 Å². The van der Waals surface area contributed by atoms with Crippen LogP contribution in [-0.4, -0.2) is 26.4 Å². The number of hydrogen-bond donors (Lipinski definition) is 2. The topological polar surface area (TPSA) is 71.8 Å². The number of amides is 1. The molecule has 0 aliphatic rings. The third-order valence-corrected chi connectivity index (χ3v) is 5.65. The van der Waals surface area contributed by atoms with Crippen LogP contribution in [0, 0.1) is 26.6 Å². The van der Waals surface area contributed by atoms with Gasteiger partial charge in [0.25, 0.3) is 0 Å². The van der Waals surface area contributed by atoms with Gasteiger partial charge in [-0.2, -0.15) is 0 Å². The second-order valence-corrected chi connectivity index (χ2v) is 8.06. The minimum Gasteiger partial charge on any atom is -0.378 e. The van der Waals surface area contributed by atoms with Gasteiger partial charge in [-0.3, -0.25) is 4.79 Å². The maximum Gasteiger partial charge on any atom is 0.234 e. The predicted octanol–water partition coefficient (Wildman–Crippen LogP) is 4.71. The first-order valence-electron chi connectivity index (χ1n) is 9.79. The number of halogens is 1. The Morgan fingerprint density at radius 3 is 2.40 bits per heavy atom. The second kappa shape index (κ2) is 9.75. The zero-order valence-corrected chi connectivity index (χ0v) is 18.4. The van der Waals surface area contributed by atoms with Crippen LogP contribution >= 0.6 is 11.8 Å². The number of benzene rings is 2. The number of rotatable bonds is 8. The number of aryl methyl sites for hydroxylation is 3. The van der Waals surface area contributed by atoms with Crippen LogP contribution in [0.5, 0.6) is 0 Å². The van der Waals surface area contributed by atoms with Crippen LogP contribution in [0.15, 0.2) is 41.6 Å². The van der Waals surface area contributed by atoms with Gasteiger partial charge in [-0.15, -0.1) is 10.2 Å². The van der Waals surface area contributed by atoms with Crippen molar-refractivity contribution in [1.82, 2.24) is 14.8 Å². The molecule has 0 radical (unpaired) electrons. The summed E-state index contributed by atoms with van der Waals surface area (Å²) >= 11 is 1.36. The summed E-state index contributed by atoms with van der Waals surface area (Å²) in [4.78, 5) is 12.5. The summed E-state index contributed by atoms with van der Waals surface area (Å²) in [6.45, 7) is 9.19. The molecule has 158 valence electrons. The lowest BCUT2D eigenvalue weighted by molar-refractivity contribution is -0.113. The van der Waals surface area contributed by atoms with Crippen molar-refractivity contribution in [1.29, 1.82) is 0 Å². The van der Waals surface area contributed by atoms with Crippen LogP contribution in [0.25, 0.3) is 0 Å². The fourth-order valence-corrected chi connectivity index (χ4v) is 4.13. The summed E-state index contributed by atoms with van der Waals surface area (Å²) in [7, 11) is 0. The van der Waals surface area contributed by atoms with Crippen molar-refractivity contribution < 1.29 is 9.18 Å². The van der Waals surface area contributed by atoms with Gasteiger partial charge < -0.3 is 15.2 Å². The normalized spacial score (nSPS) is 10.8. The standard InChI is InChI=1S/C22H26FN5OS/c1-5-28-19(12-24-18-8-6-17(23)7-9-18)26-27-22(28)30-13-20(29)25-21-15(3)10-14(2)11-16(21)4/h6-11,24H,5,12-13H2,1-4H3,(H,25,29). The Balaban J connectivity index is 1.60. The van der Waals surface area contributed by atoms with Gasteiger partial charge in [0, 0.05) is 17.9 Å². The molecule has 6 nitrogen and oxygen atoms in total. The summed E-state index contributed by atoms with van der Waals surface area (Å²) in [6.07, 6.45) is 0. The molecule has 0 atom stereocenters. The molecule has 0 saturated heterocycles. The Kier molecular flexibility index (Phi) is 7.10. The summed E-state index contributed by atoms with van der Waals surface area (Å²) in [5.41, 5.74) is 4.95. The van der Waals surface area contributed by atoms with Gasteiger partial charge in [0.1, 0.15) is 5.82 Å². The highest BCUT2D eigenvalue weighted by Crippen LogP contribution is 2.23. The van der Waals surface area contributed by atoms with E-state index in [4.69, 9.17) is 0 Å². The number of hydrogen-bond acceptors (Lipinski definition) is 5. The summed E-state index contributed by atoms with van der Waals surface area (Å²) < 4.78 is 15.0. The first kappa shape index (κ1) is 21.8. The largest absolute Gasteiger partial charge is 0.378 e. The maximum absolute atomic E-state index is 13.0. The maximum atomic E-state index is 13.0. The Morgan fingerprint density at radius 2 is 1.77 bits per heavy atom. The van der Waals surface area contributed by atoms with Gasteiger partial charge in [0.15, 0.2) is 11.0 Å². The van der Waals surface area contributed by atoms with Crippen LogP contribution in [-0.2, 0) is 17.9 Å². The average Bonchev–Trinajstić information content (AvgIpc) is 3.10. The smallest absolute Gasteiger partial charge is 0.234 e. The van der Waals surface area contributed by atoms with Gasteiger partial charge in [-0.1, -0.05) is 29.5 Å². The van der Waals surface area contributed by atoms with Gasteiger partial charge >= 0.3 is 0 Å². The monoisotopic (exact) mass is 427 g/mol. The van der Waals surface area contributed by atoms with E-state index in [-0.39, 0.29) is 17.5 Å². The molecular formula is C22H26FN5OS. The number of carbonyl (C=O) groups excluding carboxylic acids is 1. The third kappa shape index (κ3) is 5.38. The zero-order chi connectivity index (χ0) is 21.7. The Hall–Kier alpha value is -2.87. The molecule has 0 unspecified atom stereocenters. The van der Waals surface area contributed by atoms with Gasteiger partial charge in [-0.05, 0) is 63.1 Å². The Labute approximate surface area is 180 Å². The molecule has 0 spiro atoms. The molecule has 2 aromatic carbocycles. The van der Waals surface area contributed by atoms with Crippen molar-refractivity contribution in [3.05, 3.63) is 64.7 Å². The lowest BCUT2D eigenvalue weighted by Crippen LogP contribution is -2.16. The number of nitrogens with one attached hydrogen (secondary N) is 2. The van der Waals surface area contributed by atoms with E-state index >= 15 is 0 Å². The number of thioether (sulfide) groups is 1. The van der Waals surface area contributed by atoms with Gasteiger partial charge in [0.2, 0.25) is 5.91 Å². The highest BCUT2D eigenvalue weighted by molar-refractivity contribution is 7.99. The summed E-state index contributed by atoms with van der Waals surface area (Å²) in [6, 6.07) is 10.3. The minimum absolute atomic E-state index is 0.0771. The molecule has 0 fully saturated rings. The van der Waals surface area contributed by atoms with Crippen LogP contribution < -0.4 is 10.6 Å². The molecule has 1 heterocycles. The highest BCUT2D eigenvalue weighted by atomic mass is 32.2. The Morgan fingerprint density at radius 1 is 1.10 bits per heavy atom. The molecule has 2 N–H and O–H groups in total. The van der Waals surface area contributed by atoms with Crippen molar-refractivity contribution in [2.24, 2.45) is 0 Å². The number of aromatic nitrogens is 3. The fourth-order valence-electron chi connectivity index (χ4n) is 3.31. The number of nitrogens with zero attached hydrogens (tertiary/aromatic N) is 3. The van der Waals surface area contributed by atoms with E-state index in [1.807, 2.05) is 32.3 Å². The fraction of sp³-hybridized carbons (Fsp3) is 0.318. The van der Waals surface area contributed by atoms with Crippen molar-refractivity contribution in [2.45, 2.75) is 45.9 Å². The molecule has 1 aromatic heterocycles. The lowest BCUT2D eigenvalue weighted by atomic mass is 10.1. The van der Waals surface area contributed by atoms with E-state index in [0.717, 1.165) is 28.3 Å². The molecule has 0 aliphatic carbocycles. The quantitative estimate of drug-likeness (QED) is 0.510. The SMILES string of the molecule is CCn1c(CNc2ccc(F)cc2)nnc1SCC(=O)Nc1c(C)cc(C)cc1C. The van der Waals surface area contributed by atoms with Crippen LogP contribution in [0.1, 0.15) is 29.4 Å². The molecule has 3 aromatic rings. The average molecular weight is 428 g/mol. The lowest BCUT2D eigenvalue weighted by Gasteiger charge is -2.13. The molecule has 8 heteroatoms. The van der Waals surface area contributed by atoms with Crippen molar-refractivity contribution in [3.8, 4) is 0 Å². The molecule has 0 saturated carbocycles. The predicted molar refractivity (Wildman–Crippen MR) is 119 cm³/mol. The molecule has 0 bridgehead atoms. The summed E-state index contributed by atoms with van der Waals surface area (Å²) in [5.74, 6) is 0.655. The summed E-state index contributed by atoms with van der Waals surface area (Å²) in [5, 5.41) is 15.4. The molecule has 3 rings (SSSR count). The van der Waals surface area contributed by atoms with Crippen LogP contribution in [0.4, 0.5) is 15.8 Å². The van der Waals surface area contributed by atoms with Gasteiger partial charge in [0.05, 0.1) is 12.3 Å². The number of anilines is 2. The van der Waals surface area contributed by atoms with Crippen LogP contribution in [0.3, 0.4) is 0 Å². The van der Waals surface area contributed by atoms with Gasteiger partial charge in [-0.25, -0.2) is 4.39 Å². The number of carbonyl (C=O) groups is 1. The second-order valence-electron chi connectivity index (χ2n) is 7.11. The highest BCUT2D eigenvalue weighted by Gasteiger charge is 2.14. The zero-order valence-electron chi connectivity index (χ0n) is 17.6. The first-order valence-corrected chi connectivity index (χ1v) is 10.8. The molecule has 30 heavy (non-hydrogen) atoms. The van der Waals surface area contributed by atoms with Crippen molar-refractivity contribution >= 4 is 29.0 Å². The third-order valence-electron chi connectivity index (χ3n) is 4.68. The molecule has 0 aliphatic heterocycles. The van der Waals surface area contributed by atoms with E-state index in [1.54, 1.807) is 12.1 Å². The molecular weight excluding hydrogens is 401 g/mol. The van der Waals surface area contributed by atoms with Crippen LogP contribution in [0.2, 0.25) is 0 Å².